The number of hydrogen-bond donors (Lipinski definition) is 0. The van der Waals surface area contributed by atoms with Crippen LogP contribution in [0.4, 0.5) is 12.9 Å². The monoisotopic (exact) mass is 324 g/mol. The SMILES string of the molecule is Cc1ccc(OC2CC(C)CC(C)C2)c([B-](F)(F)F)c1.[K+]. The van der Waals surface area contributed by atoms with Crippen LogP contribution < -0.4 is 61.6 Å². The molecule has 112 valence electrons. The Hall–Kier alpha value is 0.511. The van der Waals surface area contributed by atoms with E-state index in [2.05, 4.69) is 13.8 Å². The Bertz CT molecular complexity index is 468. The molecule has 1 fully saturated rings. The van der Waals surface area contributed by atoms with E-state index in [0.717, 1.165) is 19.3 Å². The summed E-state index contributed by atoms with van der Waals surface area (Å²) in [5.74, 6) is 1.01. The predicted molar refractivity (Wildman–Crippen MR) is 76.5 cm³/mol. The minimum absolute atomic E-state index is 0. The van der Waals surface area contributed by atoms with E-state index < -0.39 is 12.4 Å². The zero-order valence-electron chi connectivity index (χ0n) is 13.2. The molecule has 0 spiro atoms. The molecular formula is C15H21BF3KO. The van der Waals surface area contributed by atoms with Crippen molar-refractivity contribution in [1.82, 2.24) is 0 Å². The van der Waals surface area contributed by atoms with E-state index in [-0.39, 0.29) is 63.2 Å². The summed E-state index contributed by atoms with van der Waals surface area (Å²) in [5, 5.41) is 0. The van der Waals surface area contributed by atoms with Gasteiger partial charge < -0.3 is 17.7 Å². The first-order chi connectivity index (χ1) is 9.25. The van der Waals surface area contributed by atoms with Crippen LogP contribution in [0.25, 0.3) is 0 Å². The quantitative estimate of drug-likeness (QED) is 0.761. The van der Waals surface area contributed by atoms with Crippen molar-refractivity contribution < 1.29 is 69.1 Å². The molecule has 6 heteroatoms. The second-order valence-electron chi connectivity index (χ2n) is 6.27. The largest absolute Gasteiger partial charge is 1.00 e. The zero-order chi connectivity index (χ0) is 14.9. The van der Waals surface area contributed by atoms with Crippen LogP contribution in [0.15, 0.2) is 18.2 Å². The fourth-order valence-corrected chi connectivity index (χ4v) is 3.18. The first kappa shape index (κ1) is 19.6. The van der Waals surface area contributed by atoms with Gasteiger partial charge in [-0.1, -0.05) is 37.0 Å². The maximum Gasteiger partial charge on any atom is 1.00 e. The molecule has 0 heterocycles. The van der Waals surface area contributed by atoms with Gasteiger partial charge in [0, 0.05) is 0 Å². The Kier molecular flexibility index (Phi) is 7.32. The van der Waals surface area contributed by atoms with E-state index in [9.17, 15) is 12.9 Å². The van der Waals surface area contributed by atoms with Crippen LogP contribution in [0.5, 0.6) is 5.75 Å². The average Bonchev–Trinajstić information content (AvgIpc) is 2.28. The average molecular weight is 324 g/mol. The second kappa shape index (κ2) is 7.86. The minimum atomic E-state index is -5.04. The van der Waals surface area contributed by atoms with Gasteiger partial charge >= 0.3 is 58.4 Å². The Morgan fingerprint density at radius 1 is 1.05 bits per heavy atom. The van der Waals surface area contributed by atoms with E-state index >= 15 is 0 Å². The summed E-state index contributed by atoms with van der Waals surface area (Å²) in [6.45, 7) is 0.900. The van der Waals surface area contributed by atoms with Crippen LogP contribution in [0.2, 0.25) is 0 Å². The van der Waals surface area contributed by atoms with Crippen molar-refractivity contribution in [3.05, 3.63) is 23.8 Å². The van der Waals surface area contributed by atoms with E-state index in [4.69, 9.17) is 4.74 Å². The maximum absolute atomic E-state index is 13.1. The predicted octanol–water partition coefficient (Wildman–Crippen LogP) is 1.26. The van der Waals surface area contributed by atoms with Crippen LogP contribution in [0.3, 0.4) is 0 Å². The number of rotatable bonds is 3. The summed E-state index contributed by atoms with van der Waals surface area (Å²) < 4.78 is 45.1. The molecular weight excluding hydrogens is 303 g/mol. The number of halogens is 3. The molecule has 0 saturated heterocycles. The summed E-state index contributed by atoms with van der Waals surface area (Å²) in [6, 6.07) is 4.32. The number of benzene rings is 1. The molecule has 0 aromatic heterocycles. The summed E-state index contributed by atoms with van der Waals surface area (Å²) in [6.07, 6.45) is 2.70. The second-order valence-corrected chi connectivity index (χ2v) is 6.27. The maximum atomic E-state index is 13.1. The Morgan fingerprint density at radius 2 is 1.62 bits per heavy atom. The number of hydrogen-bond acceptors (Lipinski definition) is 1. The molecule has 1 aromatic rings. The van der Waals surface area contributed by atoms with Gasteiger partial charge in [0.2, 0.25) is 0 Å². The van der Waals surface area contributed by atoms with Crippen LogP contribution in [0, 0.1) is 18.8 Å². The Morgan fingerprint density at radius 3 is 2.14 bits per heavy atom. The number of aryl methyl sites for hydroxylation is 1. The number of ether oxygens (including phenoxy) is 1. The minimum Gasteiger partial charge on any atom is -0.493 e. The summed E-state index contributed by atoms with van der Waals surface area (Å²) in [5.41, 5.74) is 0.00723. The van der Waals surface area contributed by atoms with E-state index in [1.54, 1.807) is 13.0 Å². The molecule has 2 rings (SSSR count). The van der Waals surface area contributed by atoms with Crippen molar-refractivity contribution in [2.24, 2.45) is 11.8 Å². The van der Waals surface area contributed by atoms with Gasteiger partial charge in [0.25, 0.3) is 0 Å². The molecule has 21 heavy (non-hydrogen) atoms. The smallest absolute Gasteiger partial charge is 0.493 e. The van der Waals surface area contributed by atoms with E-state index in [1.165, 1.54) is 12.1 Å². The Balaban J connectivity index is 0.00000220. The van der Waals surface area contributed by atoms with Crippen molar-refractivity contribution in [2.75, 3.05) is 0 Å². The standard InChI is InChI=1S/C15H21BF3O.K/c1-10-4-5-15(14(9-10)16(17,18)19)20-13-7-11(2)6-12(3)8-13;/h4-5,9,11-13H,6-8H2,1-3H3;/q-1;+1. The van der Waals surface area contributed by atoms with E-state index in [1.807, 2.05) is 0 Å². The van der Waals surface area contributed by atoms with Crippen molar-refractivity contribution in [3.63, 3.8) is 0 Å². The van der Waals surface area contributed by atoms with Crippen LogP contribution in [0.1, 0.15) is 38.7 Å². The molecule has 0 radical (unpaired) electrons. The molecule has 1 saturated carbocycles. The van der Waals surface area contributed by atoms with Crippen molar-refractivity contribution in [3.8, 4) is 5.75 Å². The van der Waals surface area contributed by atoms with Gasteiger partial charge in [0.1, 0.15) is 0 Å². The third-order valence-corrected chi connectivity index (χ3v) is 3.95. The van der Waals surface area contributed by atoms with Gasteiger partial charge in [-0.25, -0.2) is 0 Å². The molecule has 1 nitrogen and oxygen atoms in total. The van der Waals surface area contributed by atoms with Gasteiger partial charge in [0.15, 0.2) is 0 Å². The third-order valence-electron chi connectivity index (χ3n) is 3.95. The molecule has 1 aromatic carbocycles. The van der Waals surface area contributed by atoms with Crippen molar-refractivity contribution in [1.29, 1.82) is 0 Å². The molecule has 0 amide bonds. The first-order valence-electron chi connectivity index (χ1n) is 7.23. The van der Waals surface area contributed by atoms with Crippen molar-refractivity contribution >= 4 is 12.4 Å². The van der Waals surface area contributed by atoms with Gasteiger partial charge in [-0.05, 0) is 44.1 Å². The summed E-state index contributed by atoms with van der Waals surface area (Å²) >= 11 is 0. The normalized spacial score (nSPS) is 26.1. The van der Waals surface area contributed by atoms with E-state index in [0.29, 0.717) is 17.4 Å². The molecule has 0 aliphatic heterocycles. The first-order valence-corrected chi connectivity index (χ1v) is 7.23. The molecule has 2 atom stereocenters. The van der Waals surface area contributed by atoms with Gasteiger partial charge in [-0.2, -0.15) is 0 Å². The fraction of sp³-hybridized carbons (Fsp3) is 0.600. The van der Waals surface area contributed by atoms with Crippen LogP contribution in [-0.4, -0.2) is 13.1 Å². The van der Waals surface area contributed by atoms with Crippen LogP contribution >= 0.6 is 0 Å². The molecule has 0 bridgehead atoms. The van der Waals surface area contributed by atoms with Gasteiger partial charge in [-0.15, -0.1) is 0 Å². The fourth-order valence-electron chi connectivity index (χ4n) is 3.18. The van der Waals surface area contributed by atoms with Gasteiger partial charge in [0.05, 0.1) is 11.9 Å². The molecule has 1 aliphatic rings. The van der Waals surface area contributed by atoms with Gasteiger partial charge in [-0.3, -0.25) is 0 Å². The van der Waals surface area contributed by atoms with Crippen LogP contribution in [-0.2, 0) is 0 Å². The third kappa shape index (κ3) is 5.57. The molecule has 2 unspecified atom stereocenters. The molecule has 1 aliphatic carbocycles. The molecule has 0 N–H and O–H groups in total. The topological polar surface area (TPSA) is 9.23 Å². The summed E-state index contributed by atoms with van der Waals surface area (Å²) in [7, 11) is 0. The summed E-state index contributed by atoms with van der Waals surface area (Å²) in [4.78, 5) is 0. The van der Waals surface area contributed by atoms with Crippen molar-refractivity contribution in [2.45, 2.75) is 46.1 Å². The zero-order valence-corrected chi connectivity index (χ0v) is 16.3. The Labute approximate surface area is 167 Å².